The van der Waals surface area contributed by atoms with Crippen LogP contribution in [0, 0.1) is 0 Å². The zero-order valence-corrected chi connectivity index (χ0v) is 21.3. The standard InChI is InChI=1S/2C9H7.C6H5Si.2ClH.Hf/c2*1-2-5-9-7-3-6-8(9)4-1;7-6-4-2-1-3-5-6;;;/h2*1-7H;1-5H;2*1H;/q2*-1;;;;+4/p-2. The molecule has 5 aromatic rings. The number of hydrogen-bond acceptors (Lipinski definition) is 0. The third kappa shape index (κ3) is 8.28. The van der Waals surface area contributed by atoms with E-state index in [1.807, 2.05) is 30.3 Å². The molecule has 0 N–H and O–H groups in total. The van der Waals surface area contributed by atoms with E-state index < -0.39 is 0 Å². The van der Waals surface area contributed by atoms with Gasteiger partial charge in [0.1, 0.15) is 0 Å². The molecule has 0 aliphatic rings. The third-order valence-corrected chi connectivity index (χ3v) is 4.20. The van der Waals surface area contributed by atoms with Gasteiger partial charge in [0.05, 0.1) is 10.2 Å². The van der Waals surface area contributed by atoms with Crippen LogP contribution in [-0.4, -0.2) is 10.2 Å². The van der Waals surface area contributed by atoms with Gasteiger partial charge in [-0.3, -0.25) is 0 Å². The summed E-state index contributed by atoms with van der Waals surface area (Å²) >= 11 is 0. The molecule has 5 rings (SSSR count). The Hall–Kier alpha value is -1.45. The first-order valence-corrected chi connectivity index (χ1v) is 8.80. The van der Waals surface area contributed by atoms with Crippen LogP contribution < -0.4 is 30.0 Å². The Morgan fingerprint density at radius 2 is 0.893 bits per heavy atom. The minimum absolute atomic E-state index is 0. The average Bonchev–Trinajstić information content (AvgIpc) is 3.32. The van der Waals surface area contributed by atoms with Gasteiger partial charge in [-0.2, -0.15) is 35.0 Å². The van der Waals surface area contributed by atoms with E-state index in [0.717, 1.165) is 5.19 Å². The smallest absolute Gasteiger partial charge is 1.00 e. The van der Waals surface area contributed by atoms with Crippen LogP contribution in [0.25, 0.3) is 21.5 Å². The van der Waals surface area contributed by atoms with Crippen LogP contribution in [-0.2, 0) is 25.8 Å². The SMILES string of the molecule is [Cl-].[Cl-].[Hf+4].[Si]c1ccccc1.c1ccc2[cH-]ccc2c1.c1ccc2[cH-]ccc2c1. The molecule has 0 spiro atoms. The zero-order chi connectivity index (χ0) is 17.3. The molecule has 0 aliphatic heterocycles. The molecule has 0 heterocycles. The van der Waals surface area contributed by atoms with E-state index in [-0.39, 0.29) is 50.7 Å². The van der Waals surface area contributed by atoms with Gasteiger partial charge >= 0.3 is 25.8 Å². The Bertz CT molecular complexity index is 896. The van der Waals surface area contributed by atoms with Crippen molar-refractivity contribution in [1.82, 2.24) is 0 Å². The van der Waals surface area contributed by atoms with Crippen LogP contribution in [0.15, 0.2) is 115 Å². The maximum absolute atomic E-state index is 3.36. The summed E-state index contributed by atoms with van der Waals surface area (Å²) in [7, 11) is 3.36. The molecule has 0 saturated heterocycles. The molecular formula is C24H19Cl2HfSi. The summed E-state index contributed by atoms with van der Waals surface area (Å²) < 4.78 is 0. The summed E-state index contributed by atoms with van der Waals surface area (Å²) in [4.78, 5) is 0. The monoisotopic (exact) mass is 585 g/mol. The van der Waals surface area contributed by atoms with Gasteiger partial charge in [0, 0.05) is 0 Å². The van der Waals surface area contributed by atoms with E-state index in [2.05, 4.69) is 95.2 Å². The molecule has 137 valence electrons. The second kappa shape index (κ2) is 14.5. The summed E-state index contributed by atoms with van der Waals surface area (Å²) in [6.45, 7) is 0. The van der Waals surface area contributed by atoms with Gasteiger partial charge in [-0.05, 0) is 0 Å². The minimum atomic E-state index is 0. The van der Waals surface area contributed by atoms with Crippen molar-refractivity contribution in [2.45, 2.75) is 0 Å². The Labute approximate surface area is 201 Å². The fourth-order valence-corrected chi connectivity index (χ4v) is 2.77. The molecule has 5 aromatic carbocycles. The summed E-state index contributed by atoms with van der Waals surface area (Å²) in [5.74, 6) is 0. The second-order valence-electron chi connectivity index (χ2n) is 5.68. The molecule has 28 heavy (non-hydrogen) atoms. The minimum Gasteiger partial charge on any atom is -1.00 e. The molecule has 0 unspecified atom stereocenters. The Kier molecular flexibility index (Phi) is 13.8. The Balaban J connectivity index is 0.000000374. The van der Waals surface area contributed by atoms with Crippen molar-refractivity contribution in [1.29, 1.82) is 0 Å². The van der Waals surface area contributed by atoms with Crippen LogP contribution in [0.2, 0.25) is 0 Å². The molecular weight excluding hydrogens is 566 g/mol. The molecule has 3 radical (unpaired) electrons. The van der Waals surface area contributed by atoms with Crippen molar-refractivity contribution < 1.29 is 50.7 Å². The molecule has 0 aliphatic carbocycles. The van der Waals surface area contributed by atoms with Crippen LogP contribution in [0.5, 0.6) is 0 Å². The molecule has 0 saturated carbocycles. The van der Waals surface area contributed by atoms with Gasteiger partial charge in [0.2, 0.25) is 0 Å². The van der Waals surface area contributed by atoms with Crippen LogP contribution in [0.4, 0.5) is 0 Å². The van der Waals surface area contributed by atoms with E-state index in [1.165, 1.54) is 21.5 Å². The van der Waals surface area contributed by atoms with Crippen LogP contribution >= 0.6 is 0 Å². The van der Waals surface area contributed by atoms with Crippen molar-refractivity contribution in [2.75, 3.05) is 0 Å². The first kappa shape index (κ1) is 26.5. The number of hydrogen-bond donors (Lipinski definition) is 0. The van der Waals surface area contributed by atoms with Gasteiger partial charge in [0.15, 0.2) is 0 Å². The predicted molar refractivity (Wildman–Crippen MR) is 111 cm³/mol. The fourth-order valence-electron chi connectivity index (χ4n) is 2.58. The number of fused-ring (bicyclic) bond motifs is 2. The summed E-state index contributed by atoms with van der Waals surface area (Å²) in [5, 5.41) is 6.45. The van der Waals surface area contributed by atoms with Gasteiger partial charge in [0.25, 0.3) is 0 Å². The van der Waals surface area contributed by atoms with E-state index in [1.54, 1.807) is 0 Å². The van der Waals surface area contributed by atoms with Crippen molar-refractivity contribution >= 4 is 37.0 Å². The zero-order valence-electron chi connectivity index (χ0n) is 15.2. The molecule has 0 fully saturated rings. The second-order valence-corrected chi connectivity index (χ2v) is 6.25. The fraction of sp³-hybridized carbons (Fsp3) is 0. The van der Waals surface area contributed by atoms with Crippen molar-refractivity contribution in [3.8, 4) is 0 Å². The number of benzene rings is 3. The first-order valence-electron chi connectivity index (χ1n) is 8.30. The predicted octanol–water partition coefficient (Wildman–Crippen LogP) is -0.397. The topological polar surface area (TPSA) is 0 Å². The van der Waals surface area contributed by atoms with Gasteiger partial charge in [-0.15, -0.1) is 59.3 Å². The maximum atomic E-state index is 3.36. The van der Waals surface area contributed by atoms with Crippen LogP contribution in [0.3, 0.4) is 0 Å². The Morgan fingerprint density at radius 1 is 0.500 bits per heavy atom. The van der Waals surface area contributed by atoms with Gasteiger partial charge in [-0.1, -0.05) is 47.7 Å². The van der Waals surface area contributed by atoms with Crippen molar-refractivity contribution in [2.24, 2.45) is 0 Å². The van der Waals surface area contributed by atoms with E-state index in [4.69, 9.17) is 0 Å². The van der Waals surface area contributed by atoms with E-state index >= 15 is 0 Å². The molecule has 0 amide bonds. The molecule has 0 nitrogen and oxygen atoms in total. The Morgan fingerprint density at radius 3 is 1.25 bits per heavy atom. The number of rotatable bonds is 0. The average molecular weight is 585 g/mol. The third-order valence-electron chi connectivity index (χ3n) is 3.87. The first-order chi connectivity index (χ1) is 12.3. The van der Waals surface area contributed by atoms with Gasteiger partial charge < -0.3 is 24.8 Å². The van der Waals surface area contributed by atoms with Gasteiger partial charge in [-0.25, -0.2) is 0 Å². The summed E-state index contributed by atoms with van der Waals surface area (Å²) in [6, 6.07) is 39.3. The van der Waals surface area contributed by atoms with Crippen LogP contribution in [0.1, 0.15) is 0 Å². The largest absolute Gasteiger partial charge is 4.00 e. The summed E-state index contributed by atoms with van der Waals surface area (Å²) in [5.41, 5.74) is 0. The maximum Gasteiger partial charge on any atom is 4.00 e. The number of halogens is 2. The molecule has 4 heteroatoms. The summed E-state index contributed by atoms with van der Waals surface area (Å²) in [6.07, 6.45) is 0. The normalized spacial score (nSPS) is 8.75. The quantitative estimate of drug-likeness (QED) is 0.172. The van der Waals surface area contributed by atoms with Crippen molar-refractivity contribution in [3.63, 3.8) is 0 Å². The molecule has 0 atom stereocenters. The van der Waals surface area contributed by atoms with Crippen molar-refractivity contribution in [3.05, 3.63) is 115 Å². The van der Waals surface area contributed by atoms with E-state index in [0.29, 0.717) is 0 Å². The van der Waals surface area contributed by atoms with E-state index in [9.17, 15) is 0 Å². The molecule has 0 bridgehead atoms. The molecule has 0 aromatic heterocycles.